The molecule has 0 bridgehead atoms. The van der Waals surface area contributed by atoms with Crippen LogP contribution in [-0.2, 0) is 13.6 Å². The number of imidazole rings is 1. The number of nitrogens with zero attached hydrogens (tertiary/aromatic N) is 4. The highest BCUT2D eigenvalue weighted by atomic mass is 16.5. The summed E-state index contributed by atoms with van der Waals surface area (Å²) >= 11 is 0. The Morgan fingerprint density at radius 3 is 2.96 bits per heavy atom. The second-order valence-corrected chi connectivity index (χ2v) is 6.67. The monoisotopic (exact) mass is 355 g/mol. The number of hydrogen-bond donors (Lipinski definition) is 1. The van der Waals surface area contributed by atoms with Crippen LogP contribution >= 0.6 is 0 Å². The van der Waals surface area contributed by atoms with Crippen molar-refractivity contribution in [3.05, 3.63) is 59.9 Å². The fraction of sp³-hybridized carbons (Fsp3) is 0.389. The van der Waals surface area contributed by atoms with E-state index in [0.717, 1.165) is 17.0 Å². The van der Waals surface area contributed by atoms with Gasteiger partial charge in [-0.1, -0.05) is 5.16 Å². The summed E-state index contributed by atoms with van der Waals surface area (Å²) in [6, 6.07) is 3.50. The van der Waals surface area contributed by atoms with Crippen molar-refractivity contribution in [2.24, 2.45) is 7.05 Å². The second kappa shape index (κ2) is 6.80. The van der Waals surface area contributed by atoms with Gasteiger partial charge in [-0.2, -0.15) is 0 Å². The number of amides is 1. The standard InChI is InChI=1S/C18H21N5O3/c1-12-13(10-26-21-12)6-19-16-9-23(18(24)17-4-3-5-25-17)7-14(16)15-8-22(2)11-20-15/h3-5,8,10-11,14,16,19H,6-7,9H2,1-2H3/t14-,16+/m0/s1. The molecule has 1 saturated heterocycles. The molecule has 1 amide bonds. The zero-order valence-corrected chi connectivity index (χ0v) is 14.8. The average Bonchev–Trinajstić information content (AvgIpc) is 3.40. The predicted molar refractivity (Wildman–Crippen MR) is 92.4 cm³/mol. The Morgan fingerprint density at radius 1 is 1.42 bits per heavy atom. The largest absolute Gasteiger partial charge is 0.459 e. The molecule has 4 rings (SSSR count). The van der Waals surface area contributed by atoms with E-state index >= 15 is 0 Å². The van der Waals surface area contributed by atoms with Gasteiger partial charge in [-0.15, -0.1) is 0 Å². The Kier molecular flexibility index (Phi) is 4.34. The zero-order valence-electron chi connectivity index (χ0n) is 14.8. The fourth-order valence-electron chi connectivity index (χ4n) is 3.38. The molecule has 1 fully saturated rings. The molecule has 3 aromatic heterocycles. The highest BCUT2D eigenvalue weighted by molar-refractivity contribution is 5.91. The summed E-state index contributed by atoms with van der Waals surface area (Å²) in [5.41, 5.74) is 2.86. The molecule has 4 heterocycles. The van der Waals surface area contributed by atoms with E-state index in [2.05, 4.69) is 15.5 Å². The first-order chi connectivity index (χ1) is 12.6. The third-order valence-electron chi connectivity index (χ3n) is 4.85. The molecule has 1 N–H and O–H groups in total. The summed E-state index contributed by atoms with van der Waals surface area (Å²) in [6.45, 7) is 3.73. The molecule has 1 aliphatic heterocycles. The van der Waals surface area contributed by atoms with Gasteiger partial charge in [0.15, 0.2) is 5.76 Å². The molecule has 2 atom stereocenters. The Labute approximate surface area is 150 Å². The summed E-state index contributed by atoms with van der Waals surface area (Å²) in [5.74, 6) is 0.372. The molecule has 8 nitrogen and oxygen atoms in total. The van der Waals surface area contributed by atoms with Gasteiger partial charge in [0, 0.05) is 50.4 Å². The topological polar surface area (TPSA) is 89.3 Å². The van der Waals surface area contributed by atoms with Gasteiger partial charge in [0.2, 0.25) is 0 Å². The number of hydrogen-bond acceptors (Lipinski definition) is 6. The van der Waals surface area contributed by atoms with Crippen molar-refractivity contribution >= 4 is 5.91 Å². The van der Waals surface area contributed by atoms with Crippen LogP contribution < -0.4 is 5.32 Å². The molecule has 8 heteroatoms. The maximum atomic E-state index is 12.7. The number of aromatic nitrogens is 3. The van der Waals surface area contributed by atoms with Crippen molar-refractivity contribution < 1.29 is 13.7 Å². The first-order valence-electron chi connectivity index (χ1n) is 8.55. The van der Waals surface area contributed by atoms with E-state index in [0.29, 0.717) is 25.4 Å². The summed E-state index contributed by atoms with van der Waals surface area (Å²) in [5, 5.41) is 7.45. The molecular weight excluding hydrogens is 334 g/mol. The Morgan fingerprint density at radius 2 is 2.31 bits per heavy atom. The number of rotatable bonds is 5. The minimum absolute atomic E-state index is 0.0816. The van der Waals surface area contributed by atoms with Crippen LogP contribution in [-0.4, -0.2) is 44.6 Å². The van der Waals surface area contributed by atoms with Gasteiger partial charge in [-0.3, -0.25) is 4.79 Å². The highest BCUT2D eigenvalue weighted by Gasteiger charge is 2.38. The average molecular weight is 355 g/mol. The number of carbonyl (C=O) groups is 1. The van der Waals surface area contributed by atoms with Crippen LogP contribution in [0.5, 0.6) is 0 Å². The Bertz CT molecular complexity index is 882. The van der Waals surface area contributed by atoms with E-state index in [1.807, 2.05) is 29.6 Å². The van der Waals surface area contributed by atoms with E-state index in [4.69, 9.17) is 8.94 Å². The minimum Gasteiger partial charge on any atom is -0.459 e. The molecule has 0 aromatic carbocycles. The van der Waals surface area contributed by atoms with Crippen LogP contribution in [0, 0.1) is 6.92 Å². The van der Waals surface area contributed by atoms with Crippen LogP contribution in [0.3, 0.4) is 0 Å². The Balaban J connectivity index is 1.52. The van der Waals surface area contributed by atoms with Crippen molar-refractivity contribution in [1.82, 2.24) is 24.9 Å². The first-order valence-corrected chi connectivity index (χ1v) is 8.55. The van der Waals surface area contributed by atoms with Crippen molar-refractivity contribution in [1.29, 1.82) is 0 Å². The summed E-state index contributed by atoms with van der Waals surface area (Å²) in [4.78, 5) is 19.0. The van der Waals surface area contributed by atoms with E-state index in [1.165, 1.54) is 6.26 Å². The second-order valence-electron chi connectivity index (χ2n) is 6.67. The lowest BCUT2D eigenvalue weighted by atomic mass is 10.00. The van der Waals surface area contributed by atoms with Crippen molar-refractivity contribution in [2.75, 3.05) is 13.1 Å². The number of carbonyl (C=O) groups excluding carboxylic acids is 1. The van der Waals surface area contributed by atoms with Crippen molar-refractivity contribution in [3.8, 4) is 0 Å². The van der Waals surface area contributed by atoms with E-state index in [-0.39, 0.29) is 17.9 Å². The first kappa shape index (κ1) is 16.6. The lowest BCUT2D eigenvalue weighted by Crippen LogP contribution is -2.36. The molecule has 1 aliphatic rings. The lowest BCUT2D eigenvalue weighted by Gasteiger charge is -2.17. The summed E-state index contributed by atoms with van der Waals surface area (Å²) in [7, 11) is 1.94. The molecule has 26 heavy (non-hydrogen) atoms. The van der Waals surface area contributed by atoms with E-state index in [9.17, 15) is 4.79 Å². The molecule has 0 unspecified atom stereocenters. The smallest absolute Gasteiger partial charge is 0.289 e. The summed E-state index contributed by atoms with van der Waals surface area (Å²) in [6.07, 6.45) is 6.96. The van der Waals surface area contributed by atoms with Gasteiger partial charge in [0.05, 0.1) is 24.0 Å². The number of aryl methyl sites for hydroxylation is 2. The third-order valence-corrected chi connectivity index (χ3v) is 4.85. The van der Waals surface area contributed by atoms with Gasteiger partial charge < -0.3 is 23.7 Å². The summed E-state index contributed by atoms with van der Waals surface area (Å²) < 4.78 is 12.2. The van der Waals surface area contributed by atoms with Crippen LogP contribution in [0.25, 0.3) is 0 Å². The van der Waals surface area contributed by atoms with Gasteiger partial charge in [0.1, 0.15) is 6.26 Å². The van der Waals surface area contributed by atoms with Gasteiger partial charge >= 0.3 is 0 Å². The SMILES string of the molecule is Cc1nocc1CN[C@@H]1CN(C(=O)c2ccco2)C[C@H]1c1cn(C)cn1. The number of furan rings is 1. The predicted octanol–water partition coefficient (Wildman–Crippen LogP) is 1.71. The van der Waals surface area contributed by atoms with Crippen LogP contribution in [0.4, 0.5) is 0 Å². The molecule has 0 radical (unpaired) electrons. The highest BCUT2D eigenvalue weighted by Crippen LogP contribution is 2.28. The maximum Gasteiger partial charge on any atom is 0.289 e. The van der Waals surface area contributed by atoms with Crippen molar-refractivity contribution in [3.63, 3.8) is 0 Å². The van der Waals surface area contributed by atoms with Crippen LogP contribution in [0.1, 0.15) is 33.4 Å². The molecule has 136 valence electrons. The van der Waals surface area contributed by atoms with Crippen LogP contribution in [0.15, 0.2) is 46.1 Å². The lowest BCUT2D eigenvalue weighted by molar-refractivity contribution is 0.0756. The fourth-order valence-corrected chi connectivity index (χ4v) is 3.38. The Hall–Kier alpha value is -2.87. The van der Waals surface area contributed by atoms with E-state index < -0.39 is 0 Å². The van der Waals surface area contributed by atoms with Gasteiger partial charge in [-0.05, 0) is 19.1 Å². The van der Waals surface area contributed by atoms with E-state index in [1.54, 1.807) is 24.7 Å². The minimum atomic E-state index is -0.0959. The molecular formula is C18H21N5O3. The molecule has 0 saturated carbocycles. The third kappa shape index (κ3) is 3.15. The van der Waals surface area contributed by atoms with Gasteiger partial charge in [-0.25, -0.2) is 4.98 Å². The van der Waals surface area contributed by atoms with Crippen molar-refractivity contribution in [2.45, 2.75) is 25.4 Å². The number of likely N-dealkylation sites (tertiary alicyclic amines) is 1. The molecule has 0 aliphatic carbocycles. The zero-order chi connectivity index (χ0) is 18.1. The molecule has 3 aromatic rings. The van der Waals surface area contributed by atoms with Gasteiger partial charge in [0.25, 0.3) is 5.91 Å². The van der Waals surface area contributed by atoms with Crippen LogP contribution in [0.2, 0.25) is 0 Å². The molecule has 0 spiro atoms. The quantitative estimate of drug-likeness (QED) is 0.749. The normalized spacial score (nSPS) is 20.0. The number of nitrogens with one attached hydrogen (secondary N) is 1. The maximum absolute atomic E-state index is 12.7.